The van der Waals surface area contributed by atoms with Gasteiger partial charge in [-0.3, -0.25) is 4.79 Å². The van der Waals surface area contributed by atoms with E-state index in [9.17, 15) is 13.2 Å². The lowest BCUT2D eigenvalue weighted by Gasteiger charge is -2.26. The zero-order valence-corrected chi connectivity index (χ0v) is 14.2. The van der Waals surface area contributed by atoms with Crippen LogP contribution >= 0.6 is 11.3 Å². The Balaban J connectivity index is 1.87. The molecule has 2 aliphatic rings. The van der Waals surface area contributed by atoms with E-state index in [2.05, 4.69) is 18.8 Å². The fourth-order valence-corrected chi connectivity index (χ4v) is 5.92. The summed E-state index contributed by atoms with van der Waals surface area (Å²) in [7, 11) is -1.03. The predicted molar refractivity (Wildman–Crippen MR) is 84.0 cm³/mol. The Bertz CT molecular complexity index is 691. The summed E-state index contributed by atoms with van der Waals surface area (Å²) < 4.78 is 23.2. The van der Waals surface area contributed by atoms with Gasteiger partial charge in [0.25, 0.3) is 0 Å². The van der Waals surface area contributed by atoms with Crippen LogP contribution in [0.1, 0.15) is 42.1 Å². The first-order valence-electron chi connectivity index (χ1n) is 7.13. The van der Waals surface area contributed by atoms with E-state index < -0.39 is 9.84 Å². The number of hydrogen-bond acceptors (Lipinski definition) is 6. The first kappa shape index (κ1) is 15.0. The molecule has 5 nitrogen and oxygen atoms in total. The Labute approximate surface area is 129 Å². The number of Topliss-reactive ketones (excluding diaryl/α,β-unsaturated/α-hetero) is 1. The van der Waals surface area contributed by atoms with Crippen LogP contribution in [-0.2, 0) is 16.3 Å². The zero-order chi connectivity index (χ0) is 15.4. The van der Waals surface area contributed by atoms with Crippen molar-refractivity contribution in [2.45, 2.75) is 39.2 Å². The van der Waals surface area contributed by atoms with Crippen molar-refractivity contribution in [3.05, 3.63) is 10.6 Å². The summed E-state index contributed by atoms with van der Waals surface area (Å²) in [5.74, 6) is 0.601. The number of ketones is 1. The van der Waals surface area contributed by atoms with E-state index >= 15 is 0 Å². The molecule has 7 heteroatoms. The van der Waals surface area contributed by atoms with Gasteiger partial charge >= 0.3 is 0 Å². The van der Waals surface area contributed by atoms with Gasteiger partial charge in [-0.15, -0.1) is 0 Å². The van der Waals surface area contributed by atoms with Gasteiger partial charge in [0.05, 0.1) is 22.1 Å². The minimum Gasteiger partial charge on any atom is -0.347 e. The first-order valence-corrected chi connectivity index (χ1v) is 9.77. The van der Waals surface area contributed by atoms with E-state index in [1.807, 2.05) is 11.9 Å². The number of thiazole rings is 1. The number of sulfone groups is 1. The van der Waals surface area contributed by atoms with Crippen molar-refractivity contribution < 1.29 is 13.2 Å². The standard InChI is InChI=1S/C14H20N2O3S2/c1-14(2)6-10-12(11(17)7-14)20-13(15-10)16(3)9-4-5-21(18,19)8-9/h9H,4-8H2,1-3H3. The van der Waals surface area contributed by atoms with Crippen LogP contribution < -0.4 is 4.90 Å². The second kappa shape index (κ2) is 4.78. The molecule has 1 aliphatic carbocycles. The van der Waals surface area contributed by atoms with Crippen molar-refractivity contribution in [3.8, 4) is 0 Å². The molecule has 1 aromatic heterocycles. The molecule has 1 atom stereocenters. The summed E-state index contributed by atoms with van der Waals surface area (Å²) in [5.41, 5.74) is 0.842. The Hall–Kier alpha value is -0.950. The average molecular weight is 328 g/mol. The lowest BCUT2D eigenvalue weighted by atomic mass is 9.78. The predicted octanol–water partition coefficient (Wildman–Crippen LogP) is 1.92. The lowest BCUT2D eigenvalue weighted by Crippen LogP contribution is -2.32. The number of nitrogens with zero attached hydrogens (tertiary/aromatic N) is 2. The molecule has 2 heterocycles. The third-order valence-electron chi connectivity index (χ3n) is 4.28. The second-order valence-corrected chi connectivity index (χ2v) is 10.1. The maximum atomic E-state index is 12.2. The van der Waals surface area contributed by atoms with Gasteiger partial charge in [-0.1, -0.05) is 25.2 Å². The zero-order valence-electron chi connectivity index (χ0n) is 12.5. The highest BCUT2D eigenvalue weighted by atomic mass is 32.2. The van der Waals surface area contributed by atoms with E-state index in [4.69, 9.17) is 0 Å². The molecule has 1 unspecified atom stereocenters. The molecule has 0 N–H and O–H groups in total. The Morgan fingerprint density at radius 1 is 1.33 bits per heavy atom. The highest BCUT2D eigenvalue weighted by molar-refractivity contribution is 7.91. The molecule has 3 rings (SSSR count). The number of rotatable bonds is 2. The molecular weight excluding hydrogens is 308 g/mol. The molecule has 0 saturated carbocycles. The van der Waals surface area contributed by atoms with Gasteiger partial charge in [0.1, 0.15) is 0 Å². The third-order valence-corrected chi connectivity index (χ3v) is 7.26. The Morgan fingerprint density at radius 2 is 2.05 bits per heavy atom. The van der Waals surface area contributed by atoms with Crippen LogP contribution in [0.15, 0.2) is 0 Å². The maximum Gasteiger partial charge on any atom is 0.186 e. The third kappa shape index (κ3) is 2.85. The van der Waals surface area contributed by atoms with Crippen molar-refractivity contribution in [1.82, 2.24) is 4.98 Å². The summed E-state index contributed by atoms with van der Waals surface area (Å²) in [6.07, 6.45) is 2.01. The Kier molecular flexibility index (Phi) is 3.40. The summed E-state index contributed by atoms with van der Waals surface area (Å²) in [4.78, 5) is 19.5. The van der Waals surface area contributed by atoms with Gasteiger partial charge in [-0.2, -0.15) is 0 Å². The van der Waals surface area contributed by atoms with Gasteiger partial charge in [-0.25, -0.2) is 13.4 Å². The number of aromatic nitrogens is 1. The summed E-state index contributed by atoms with van der Waals surface area (Å²) in [6, 6.07) is -0.0225. The molecule has 1 aliphatic heterocycles. The van der Waals surface area contributed by atoms with Gasteiger partial charge in [0, 0.05) is 19.5 Å². The normalized spacial score (nSPS) is 26.6. The van der Waals surface area contributed by atoms with E-state index in [1.165, 1.54) is 11.3 Å². The van der Waals surface area contributed by atoms with Crippen molar-refractivity contribution in [2.24, 2.45) is 5.41 Å². The van der Waals surface area contributed by atoms with E-state index in [-0.39, 0.29) is 28.7 Å². The van der Waals surface area contributed by atoms with Crippen LogP contribution in [0, 0.1) is 5.41 Å². The highest BCUT2D eigenvalue weighted by Crippen LogP contribution is 2.39. The maximum absolute atomic E-state index is 12.2. The van der Waals surface area contributed by atoms with Crippen molar-refractivity contribution in [1.29, 1.82) is 0 Å². The van der Waals surface area contributed by atoms with Crippen molar-refractivity contribution in [2.75, 3.05) is 23.5 Å². The van der Waals surface area contributed by atoms with Crippen LogP contribution in [0.4, 0.5) is 5.13 Å². The monoisotopic (exact) mass is 328 g/mol. The van der Waals surface area contributed by atoms with Crippen molar-refractivity contribution in [3.63, 3.8) is 0 Å². The molecule has 1 aromatic rings. The van der Waals surface area contributed by atoms with Crippen LogP contribution in [-0.4, -0.2) is 43.8 Å². The molecule has 0 bridgehead atoms. The smallest absolute Gasteiger partial charge is 0.186 e. The fraction of sp³-hybridized carbons (Fsp3) is 0.714. The minimum atomic E-state index is -2.91. The second-order valence-electron chi connectivity index (χ2n) is 6.88. The van der Waals surface area contributed by atoms with Gasteiger partial charge in [0.15, 0.2) is 20.8 Å². The number of carbonyl (C=O) groups excluding carboxylic acids is 1. The van der Waals surface area contributed by atoms with Gasteiger partial charge in [-0.05, 0) is 18.3 Å². The van der Waals surface area contributed by atoms with Crippen LogP contribution in [0.25, 0.3) is 0 Å². The number of hydrogen-bond donors (Lipinski definition) is 0. The molecule has 1 saturated heterocycles. The van der Waals surface area contributed by atoms with Crippen molar-refractivity contribution >= 4 is 32.1 Å². The topological polar surface area (TPSA) is 67.3 Å². The lowest BCUT2D eigenvalue weighted by molar-refractivity contribution is 0.0916. The number of carbonyl (C=O) groups is 1. The van der Waals surface area contributed by atoms with Crippen LogP contribution in [0.5, 0.6) is 0 Å². The SMILES string of the molecule is CN(c1nc2c(s1)C(=O)CC(C)(C)C2)C1CCS(=O)(=O)C1. The van der Waals surface area contributed by atoms with Gasteiger partial charge in [0.2, 0.25) is 0 Å². The summed E-state index contributed by atoms with van der Waals surface area (Å²) >= 11 is 1.41. The molecule has 0 amide bonds. The fourth-order valence-electron chi connectivity index (χ4n) is 3.10. The highest BCUT2D eigenvalue weighted by Gasteiger charge is 2.36. The molecule has 1 fully saturated rings. The average Bonchev–Trinajstić information content (AvgIpc) is 2.90. The van der Waals surface area contributed by atoms with E-state index in [1.54, 1.807) is 0 Å². The van der Waals surface area contributed by atoms with Crippen LogP contribution in [0.3, 0.4) is 0 Å². The first-order chi connectivity index (χ1) is 9.67. The summed E-state index contributed by atoms with van der Waals surface area (Å²) in [5, 5.41) is 0.771. The molecule has 116 valence electrons. The number of fused-ring (bicyclic) bond motifs is 1. The molecule has 21 heavy (non-hydrogen) atoms. The van der Waals surface area contributed by atoms with E-state index in [0.717, 1.165) is 22.1 Å². The summed E-state index contributed by atoms with van der Waals surface area (Å²) in [6.45, 7) is 4.17. The molecule has 0 aromatic carbocycles. The molecule has 0 radical (unpaired) electrons. The Morgan fingerprint density at radius 3 is 2.67 bits per heavy atom. The molecular formula is C14H20N2O3S2. The van der Waals surface area contributed by atoms with E-state index in [0.29, 0.717) is 12.8 Å². The van der Waals surface area contributed by atoms with Gasteiger partial charge < -0.3 is 4.90 Å². The molecule has 0 spiro atoms. The number of anilines is 1. The minimum absolute atomic E-state index is 0.0225. The van der Waals surface area contributed by atoms with Crippen LogP contribution in [0.2, 0.25) is 0 Å². The largest absolute Gasteiger partial charge is 0.347 e. The quantitative estimate of drug-likeness (QED) is 0.830.